The van der Waals surface area contributed by atoms with Gasteiger partial charge in [0.2, 0.25) is 0 Å². The van der Waals surface area contributed by atoms with Crippen molar-refractivity contribution in [1.82, 2.24) is 9.88 Å². The quantitative estimate of drug-likeness (QED) is 0.537. The van der Waals surface area contributed by atoms with E-state index in [0.29, 0.717) is 17.7 Å². The van der Waals surface area contributed by atoms with Crippen molar-refractivity contribution >= 4 is 28.1 Å². The van der Waals surface area contributed by atoms with Crippen LogP contribution in [0.3, 0.4) is 0 Å². The average Bonchev–Trinajstić information content (AvgIpc) is 3.22. The van der Waals surface area contributed by atoms with Crippen LogP contribution in [0.2, 0.25) is 0 Å². The second-order valence-corrected chi connectivity index (χ2v) is 7.80. The zero-order valence-corrected chi connectivity index (χ0v) is 16.3. The van der Waals surface area contributed by atoms with Gasteiger partial charge in [-0.1, -0.05) is 42.5 Å². The van der Waals surface area contributed by atoms with Crippen LogP contribution >= 0.6 is 11.3 Å². The molecule has 4 rings (SSSR count). The van der Waals surface area contributed by atoms with Gasteiger partial charge in [-0.3, -0.25) is 9.59 Å². The molecule has 140 valence electrons. The highest BCUT2D eigenvalue weighted by molar-refractivity contribution is 7.09. The maximum atomic E-state index is 13.1. The zero-order valence-electron chi connectivity index (χ0n) is 15.5. The van der Waals surface area contributed by atoms with Crippen LogP contribution in [0.5, 0.6) is 0 Å². The van der Waals surface area contributed by atoms with Gasteiger partial charge in [-0.15, -0.1) is 11.3 Å². The minimum atomic E-state index is -0.154. The number of carbonyl (C=O) groups excluding carboxylic acids is 1. The van der Waals surface area contributed by atoms with E-state index in [2.05, 4.69) is 4.98 Å². The molecule has 0 radical (unpaired) electrons. The first kappa shape index (κ1) is 18.2. The number of para-hydroxylation sites is 1. The summed E-state index contributed by atoms with van der Waals surface area (Å²) >= 11 is 1.60. The maximum absolute atomic E-state index is 13.1. The largest absolute Gasteiger partial charge is 0.329 e. The monoisotopic (exact) mass is 388 g/mol. The summed E-state index contributed by atoms with van der Waals surface area (Å²) in [6, 6.07) is 21.0. The molecule has 2 aromatic heterocycles. The lowest BCUT2D eigenvalue weighted by Gasteiger charge is -2.22. The van der Waals surface area contributed by atoms with E-state index in [1.54, 1.807) is 28.4 Å². The number of amides is 1. The lowest BCUT2D eigenvalue weighted by molar-refractivity contribution is 0.0731. The number of carbonyl (C=O) groups is 1. The third-order valence-electron chi connectivity index (χ3n) is 4.76. The Kier molecular flexibility index (Phi) is 5.08. The molecule has 2 heterocycles. The first-order chi connectivity index (χ1) is 13.6. The minimum absolute atomic E-state index is 0.0854. The highest BCUT2D eigenvalue weighted by Crippen LogP contribution is 2.19. The smallest absolute Gasteiger partial charge is 0.254 e. The third kappa shape index (κ3) is 3.75. The van der Waals surface area contributed by atoms with Crippen molar-refractivity contribution in [3.05, 3.63) is 104 Å². The van der Waals surface area contributed by atoms with Crippen LogP contribution in [-0.4, -0.2) is 15.8 Å². The van der Waals surface area contributed by atoms with Crippen LogP contribution in [0.4, 0.5) is 0 Å². The summed E-state index contributed by atoms with van der Waals surface area (Å²) in [5.74, 6) is -0.0854. The standard InChI is InChI=1S/C23H20N2O2S/c1-16-7-5-10-18-13-19(22(26)24-21(16)18)14-25(15-20-11-6-12-28-20)23(27)17-8-3-2-4-9-17/h2-13H,14-15H2,1H3,(H,24,26). The summed E-state index contributed by atoms with van der Waals surface area (Å²) in [6.45, 7) is 2.70. The molecule has 4 nitrogen and oxygen atoms in total. The molecular formula is C23H20N2O2S. The van der Waals surface area contributed by atoms with Crippen molar-refractivity contribution < 1.29 is 4.79 Å². The molecule has 0 atom stereocenters. The number of hydrogen-bond acceptors (Lipinski definition) is 3. The van der Waals surface area contributed by atoms with Gasteiger partial charge in [-0.25, -0.2) is 0 Å². The molecule has 0 saturated heterocycles. The normalized spacial score (nSPS) is 10.9. The van der Waals surface area contributed by atoms with Crippen LogP contribution in [-0.2, 0) is 13.1 Å². The van der Waals surface area contributed by atoms with E-state index in [-0.39, 0.29) is 18.0 Å². The van der Waals surface area contributed by atoms with Crippen LogP contribution in [0.1, 0.15) is 26.4 Å². The van der Waals surface area contributed by atoms with E-state index in [9.17, 15) is 9.59 Å². The van der Waals surface area contributed by atoms with Gasteiger partial charge in [0.15, 0.2) is 0 Å². The minimum Gasteiger partial charge on any atom is -0.329 e. The maximum Gasteiger partial charge on any atom is 0.254 e. The van der Waals surface area contributed by atoms with E-state index < -0.39 is 0 Å². The van der Waals surface area contributed by atoms with Crippen molar-refractivity contribution in [3.63, 3.8) is 0 Å². The van der Waals surface area contributed by atoms with Crippen LogP contribution in [0.25, 0.3) is 10.9 Å². The van der Waals surface area contributed by atoms with Gasteiger partial charge in [0, 0.05) is 16.0 Å². The number of rotatable bonds is 5. The molecule has 5 heteroatoms. The van der Waals surface area contributed by atoms with Gasteiger partial charge < -0.3 is 9.88 Å². The van der Waals surface area contributed by atoms with E-state index in [1.165, 1.54) is 0 Å². The highest BCUT2D eigenvalue weighted by Gasteiger charge is 2.19. The Morgan fingerprint density at radius 1 is 1.00 bits per heavy atom. The van der Waals surface area contributed by atoms with Gasteiger partial charge in [0.25, 0.3) is 11.5 Å². The molecule has 0 saturated carbocycles. The fourth-order valence-electron chi connectivity index (χ4n) is 3.31. The molecule has 0 bridgehead atoms. The molecule has 0 fully saturated rings. The molecule has 0 spiro atoms. The topological polar surface area (TPSA) is 53.2 Å². The first-order valence-corrected chi connectivity index (χ1v) is 9.98. The number of aromatic amines is 1. The van der Waals surface area contributed by atoms with E-state index >= 15 is 0 Å². The van der Waals surface area contributed by atoms with Crippen LogP contribution in [0.15, 0.2) is 76.9 Å². The number of pyridine rings is 1. The predicted octanol–water partition coefficient (Wildman–Crippen LogP) is 4.74. The summed E-state index contributed by atoms with van der Waals surface area (Å²) in [6.07, 6.45) is 0. The van der Waals surface area contributed by atoms with Crippen molar-refractivity contribution in [1.29, 1.82) is 0 Å². The number of aryl methyl sites for hydroxylation is 1. The molecule has 0 aliphatic heterocycles. The Bertz CT molecular complexity index is 1160. The fraction of sp³-hybridized carbons (Fsp3) is 0.130. The number of nitrogens with one attached hydrogen (secondary N) is 1. The summed E-state index contributed by atoms with van der Waals surface area (Å²) in [7, 11) is 0. The van der Waals surface area contributed by atoms with Crippen molar-refractivity contribution in [2.45, 2.75) is 20.0 Å². The summed E-state index contributed by atoms with van der Waals surface area (Å²) in [5, 5.41) is 2.96. The Hall–Kier alpha value is -3.18. The molecular weight excluding hydrogens is 368 g/mol. The first-order valence-electron chi connectivity index (χ1n) is 9.10. The molecule has 0 unspecified atom stereocenters. The van der Waals surface area contributed by atoms with Gasteiger partial charge >= 0.3 is 0 Å². The number of fused-ring (bicyclic) bond motifs is 1. The lowest BCUT2D eigenvalue weighted by atomic mass is 10.1. The predicted molar refractivity (Wildman–Crippen MR) is 114 cm³/mol. The number of thiophene rings is 1. The average molecular weight is 388 g/mol. The number of nitrogens with zero attached hydrogens (tertiary/aromatic N) is 1. The van der Waals surface area contributed by atoms with Gasteiger partial charge in [0.05, 0.1) is 18.6 Å². The third-order valence-corrected chi connectivity index (χ3v) is 5.62. The van der Waals surface area contributed by atoms with Gasteiger partial charge in [0.1, 0.15) is 0 Å². The van der Waals surface area contributed by atoms with Crippen LogP contribution in [0, 0.1) is 6.92 Å². The number of H-pyrrole nitrogens is 1. The molecule has 2 aromatic carbocycles. The molecule has 4 aromatic rings. The fourth-order valence-corrected chi connectivity index (χ4v) is 4.02. The second kappa shape index (κ2) is 7.82. The van der Waals surface area contributed by atoms with Gasteiger partial charge in [-0.2, -0.15) is 0 Å². The molecule has 0 aliphatic carbocycles. The Labute approximate surface area is 167 Å². The number of hydrogen-bond donors (Lipinski definition) is 1. The summed E-state index contributed by atoms with van der Waals surface area (Å²) in [4.78, 5) is 31.6. The highest BCUT2D eigenvalue weighted by atomic mass is 32.1. The molecule has 0 aliphatic rings. The second-order valence-electron chi connectivity index (χ2n) is 6.77. The molecule has 1 N–H and O–H groups in total. The van der Waals surface area contributed by atoms with Crippen molar-refractivity contribution in [2.75, 3.05) is 0 Å². The Balaban J connectivity index is 1.71. The number of benzene rings is 2. The SMILES string of the molecule is Cc1cccc2cc(CN(Cc3cccs3)C(=O)c3ccccc3)c(=O)[nH]c12. The van der Waals surface area contributed by atoms with E-state index in [1.807, 2.05) is 66.9 Å². The lowest BCUT2D eigenvalue weighted by Crippen LogP contribution is -2.32. The summed E-state index contributed by atoms with van der Waals surface area (Å²) in [5.41, 5.74) is 2.91. The molecule has 28 heavy (non-hydrogen) atoms. The number of aromatic nitrogens is 1. The van der Waals surface area contributed by atoms with Gasteiger partial charge in [-0.05, 0) is 47.5 Å². The Morgan fingerprint density at radius 2 is 1.82 bits per heavy atom. The molecule has 1 amide bonds. The van der Waals surface area contributed by atoms with Crippen molar-refractivity contribution in [2.24, 2.45) is 0 Å². The van der Waals surface area contributed by atoms with Crippen molar-refractivity contribution in [3.8, 4) is 0 Å². The zero-order chi connectivity index (χ0) is 19.5. The Morgan fingerprint density at radius 3 is 2.57 bits per heavy atom. The van der Waals surface area contributed by atoms with E-state index in [0.717, 1.165) is 21.3 Å². The summed E-state index contributed by atoms with van der Waals surface area (Å²) < 4.78 is 0. The van der Waals surface area contributed by atoms with Crippen LogP contribution < -0.4 is 5.56 Å². The van der Waals surface area contributed by atoms with E-state index in [4.69, 9.17) is 0 Å².